The van der Waals surface area contributed by atoms with Gasteiger partial charge in [0.05, 0.1) is 11.9 Å². The highest BCUT2D eigenvalue weighted by molar-refractivity contribution is 7.65. The molecule has 1 aromatic carbocycles. The Balaban J connectivity index is 3.01. The fraction of sp³-hybridized carbons (Fsp3) is 0.500. The highest BCUT2D eigenvalue weighted by Gasteiger charge is 2.32. The van der Waals surface area contributed by atoms with E-state index in [1.165, 1.54) is 0 Å². The van der Waals surface area contributed by atoms with Gasteiger partial charge in [0.2, 0.25) is 0 Å². The number of hydrogen-bond acceptors (Lipinski definition) is 3. The van der Waals surface area contributed by atoms with Gasteiger partial charge in [-0.05, 0) is 31.4 Å². The average Bonchev–Trinajstić information content (AvgIpc) is 2.38. The van der Waals surface area contributed by atoms with Gasteiger partial charge in [-0.3, -0.25) is 9.36 Å². The van der Waals surface area contributed by atoms with Gasteiger partial charge >= 0.3 is 5.97 Å². The largest absolute Gasteiger partial charge is 0.480 e. The van der Waals surface area contributed by atoms with Gasteiger partial charge in [-0.1, -0.05) is 32.0 Å². The molecule has 20 heavy (non-hydrogen) atoms. The molecule has 0 aromatic heterocycles. The lowest BCUT2D eigenvalue weighted by molar-refractivity contribution is -0.139. The molecule has 2 atom stereocenters. The summed E-state index contributed by atoms with van der Waals surface area (Å²) in [6.07, 6.45) is 0.388. The monoisotopic (exact) mass is 299 g/mol. The van der Waals surface area contributed by atoms with Crippen molar-refractivity contribution in [2.45, 2.75) is 33.2 Å². The molecule has 6 heteroatoms. The van der Waals surface area contributed by atoms with Crippen molar-refractivity contribution in [3.8, 4) is 0 Å². The van der Waals surface area contributed by atoms with Crippen molar-refractivity contribution in [1.29, 1.82) is 0 Å². The maximum absolute atomic E-state index is 12.9. The second-order valence-corrected chi connectivity index (χ2v) is 7.09. The Hall–Kier alpha value is -1.16. The number of hydrogen-bond donors (Lipinski definition) is 2. The molecule has 0 fully saturated rings. The SMILES string of the molecule is CCOP(=O)(N[C@@H](CC(C)C)C(=O)O)c1ccccc1. The summed E-state index contributed by atoms with van der Waals surface area (Å²) in [7, 11) is -3.37. The first kappa shape index (κ1) is 16.9. The zero-order valence-corrected chi connectivity index (χ0v) is 13.0. The summed E-state index contributed by atoms with van der Waals surface area (Å²) in [5, 5.41) is 12.5. The van der Waals surface area contributed by atoms with E-state index in [1.54, 1.807) is 31.2 Å². The topological polar surface area (TPSA) is 75.6 Å². The summed E-state index contributed by atoms with van der Waals surface area (Å²) < 4.78 is 18.3. The van der Waals surface area contributed by atoms with E-state index in [1.807, 2.05) is 19.9 Å². The van der Waals surface area contributed by atoms with Gasteiger partial charge < -0.3 is 9.63 Å². The smallest absolute Gasteiger partial charge is 0.321 e. The summed E-state index contributed by atoms with van der Waals surface area (Å²) in [5.74, 6) is -0.844. The first-order valence-corrected chi connectivity index (χ1v) is 8.32. The minimum Gasteiger partial charge on any atom is -0.480 e. The lowest BCUT2D eigenvalue weighted by Crippen LogP contribution is -2.38. The number of carbonyl (C=O) groups is 1. The Morgan fingerprint density at radius 1 is 1.35 bits per heavy atom. The second-order valence-electron chi connectivity index (χ2n) is 4.95. The zero-order valence-electron chi connectivity index (χ0n) is 12.1. The molecule has 0 aliphatic carbocycles. The number of rotatable bonds is 8. The molecule has 0 saturated heterocycles. The van der Waals surface area contributed by atoms with Crippen LogP contribution >= 0.6 is 7.52 Å². The van der Waals surface area contributed by atoms with Gasteiger partial charge in [-0.15, -0.1) is 0 Å². The summed E-state index contributed by atoms with van der Waals surface area (Å²) in [5.41, 5.74) is 0. The first-order chi connectivity index (χ1) is 9.39. The van der Waals surface area contributed by atoms with E-state index in [0.717, 1.165) is 0 Å². The summed E-state index contributed by atoms with van der Waals surface area (Å²) in [4.78, 5) is 11.3. The molecule has 112 valence electrons. The van der Waals surface area contributed by atoms with E-state index in [2.05, 4.69) is 5.09 Å². The van der Waals surface area contributed by atoms with Gasteiger partial charge in [0, 0.05) is 0 Å². The number of nitrogens with one attached hydrogen (secondary N) is 1. The van der Waals surface area contributed by atoms with E-state index >= 15 is 0 Å². The number of carboxylic acids is 1. The molecule has 1 unspecified atom stereocenters. The van der Waals surface area contributed by atoms with E-state index in [4.69, 9.17) is 4.52 Å². The van der Waals surface area contributed by atoms with E-state index in [0.29, 0.717) is 11.7 Å². The standard InChI is InChI=1S/C14H22NO4P/c1-4-19-20(18,12-8-6-5-7-9-12)15-13(14(16)17)10-11(2)3/h5-9,11,13H,4,10H2,1-3H3,(H,15,18)(H,16,17)/t13-,20?/m0/s1. The molecular formula is C14H22NO4P. The van der Waals surface area contributed by atoms with Crippen LogP contribution in [0.4, 0.5) is 0 Å². The fourth-order valence-electron chi connectivity index (χ4n) is 1.88. The lowest BCUT2D eigenvalue weighted by atomic mass is 10.1. The van der Waals surface area contributed by atoms with Gasteiger partial charge in [0.25, 0.3) is 7.52 Å². The normalized spacial score (nSPS) is 15.8. The van der Waals surface area contributed by atoms with Crippen LogP contribution in [0.2, 0.25) is 0 Å². The Morgan fingerprint density at radius 3 is 2.40 bits per heavy atom. The molecule has 0 amide bonds. The third kappa shape index (κ3) is 4.75. The van der Waals surface area contributed by atoms with Gasteiger partial charge in [0.15, 0.2) is 0 Å². The number of aliphatic carboxylic acids is 1. The van der Waals surface area contributed by atoms with Gasteiger partial charge in [-0.2, -0.15) is 0 Å². The van der Waals surface area contributed by atoms with Crippen LogP contribution in [0.5, 0.6) is 0 Å². The molecule has 1 rings (SSSR count). The predicted octanol–water partition coefficient (Wildman–Crippen LogP) is 2.63. The quantitative estimate of drug-likeness (QED) is 0.722. The van der Waals surface area contributed by atoms with Crippen molar-refractivity contribution in [3.63, 3.8) is 0 Å². The average molecular weight is 299 g/mol. The third-order valence-corrected chi connectivity index (χ3v) is 4.99. The molecule has 1 aromatic rings. The molecule has 0 saturated carbocycles. The molecule has 2 N–H and O–H groups in total. The van der Waals surface area contributed by atoms with Crippen molar-refractivity contribution in [2.75, 3.05) is 6.61 Å². The highest BCUT2D eigenvalue weighted by atomic mass is 31.2. The van der Waals surface area contributed by atoms with Crippen molar-refractivity contribution < 1.29 is 19.0 Å². The van der Waals surface area contributed by atoms with Crippen LogP contribution in [0, 0.1) is 5.92 Å². The first-order valence-electron chi connectivity index (χ1n) is 6.70. The Labute approximate surface area is 119 Å². The Bertz CT molecular complexity index is 475. The van der Waals surface area contributed by atoms with Crippen LogP contribution < -0.4 is 10.4 Å². The highest BCUT2D eigenvalue weighted by Crippen LogP contribution is 2.42. The summed E-state index contributed by atoms with van der Waals surface area (Å²) >= 11 is 0. The van der Waals surface area contributed by atoms with Crippen molar-refractivity contribution >= 4 is 18.8 Å². The minimum atomic E-state index is -3.37. The molecule has 0 aliphatic heterocycles. The minimum absolute atomic E-state index is 0.175. The molecule has 0 spiro atoms. The molecule has 5 nitrogen and oxygen atoms in total. The van der Waals surface area contributed by atoms with E-state index in [9.17, 15) is 14.5 Å². The number of carboxylic acid groups (broad SMARTS) is 1. The van der Waals surface area contributed by atoms with E-state index in [-0.39, 0.29) is 12.5 Å². The molecular weight excluding hydrogens is 277 g/mol. The van der Waals surface area contributed by atoms with Crippen LogP contribution in [0.25, 0.3) is 0 Å². The number of benzene rings is 1. The van der Waals surface area contributed by atoms with Crippen LogP contribution in [-0.4, -0.2) is 23.7 Å². The second kappa shape index (κ2) is 7.58. The zero-order chi connectivity index (χ0) is 15.2. The van der Waals surface area contributed by atoms with Crippen molar-refractivity contribution in [2.24, 2.45) is 5.92 Å². The van der Waals surface area contributed by atoms with Gasteiger partial charge in [-0.25, -0.2) is 5.09 Å². The molecule has 0 bridgehead atoms. The summed E-state index contributed by atoms with van der Waals surface area (Å²) in [6, 6.07) is 7.77. The van der Waals surface area contributed by atoms with Crippen molar-refractivity contribution in [1.82, 2.24) is 5.09 Å². The maximum atomic E-state index is 12.9. The van der Waals surface area contributed by atoms with Crippen LogP contribution in [0.3, 0.4) is 0 Å². The van der Waals surface area contributed by atoms with Crippen LogP contribution in [0.15, 0.2) is 30.3 Å². The van der Waals surface area contributed by atoms with Crippen LogP contribution in [-0.2, 0) is 13.9 Å². The maximum Gasteiger partial charge on any atom is 0.321 e. The molecule has 0 aliphatic rings. The fourth-order valence-corrected chi connectivity index (χ4v) is 3.80. The Kier molecular flexibility index (Phi) is 6.40. The van der Waals surface area contributed by atoms with Crippen molar-refractivity contribution in [3.05, 3.63) is 30.3 Å². The van der Waals surface area contributed by atoms with Gasteiger partial charge in [0.1, 0.15) is 6.04 Å². The molecule has 0 radical (unpaired) electrons. The Morgan fingerprint density at radius 2 is 1.95 bits per heavy atom. The summed E-state index contributed by atoms with van der Waals surface area (Å²) in [6.45, 7) is 5.82. The third-order valence-electron chi connectivity index (χ3n) is 2.74. The van der Waals surface area contributed by atoms with E-state index < -0.39 is 19.5 Å². The predicted molar refractivity (Wildman–Crippen MR) is 79.3 cm³/mol. The van der Waals surface area contributed by atoms with Crippen LogP contribution in [0.1, 0.15) is 27.2 Å². The molecule has 0 heterocycles. The lowest BCUT2D eigenvalue weighted by Gasteiger charge is -2.24.